The summed E-state index contributed by atoms with van der Waals surface area (Å²) < 4.78 is 2.30. The van der Waals surface area contributed by atoms with Gasteiger partial charge in [0.2, 0.25) is 0 Å². The number of aryl methyl sites for hydroxylation is 2. The lowest BCUT2D eigenvalue weighted by Crippen LogP contribution is -2.31. The number of hydrogen-bond donors (Lipinski definition) is 2. The van der Waals surface area contributed by atoms with Gasteiger partial charge in [0.15, 0.2) is 0 Å². The third-order valence-electron chi connectivity index (χ3n) is 3.17. The highest BCUT2D eigenvalue weighted by Crippen LogP contribution is 2.21. The predicted molar refractivity (Wildman–Crippen MR) is 84.5 cm³/mol. The molecule has 0 spiro atoms. The van der Waals surface area contributed by atoms with Crippen LogP contribution in [0.4, 0.5) is 0 Å². The summed E-state index contributed by atoms with van der Waals surface area (Å²) in [7, 11) is 1.67. The van der Waals surface area contributed by atoms with E-state index < -0.39 is 12.0 Å². The van der Waals surface area contributed by atoms with Crippen LogP contribution in [0.2, 0.25) is 0 Å². The van der Waals surface area contributed by atoms with Crippen molar-refractivity contribution in [1.29, 1.82) is 0 Å². The molecule has 1 heterocycles. The van der Waals surface area contributed by atoms with E-state index in [1.165, 1.54) is 4.68 Å². The molecular formula is C15H16BrN3O3. The molecule has 2 rings (SSSR count). The Kier molecular flexibility index (Phi) is 4.97. The molecule has 7 heteroatoms. The van der Waals surface area contributed by atoms with Gasteiger partial charge in [0.25, 0.3) is 5.91 Å². The third-order valence-corrected chi connectivity index (χ3v) is 3.66. The number of nitrogens with zero attached hydrogens (tertiary/aromatic N) is 2. The van der Waals surface area contributed by atoms with Gasteiger partial charge in [-0.25, -0.2) is 0 Å². The van der Waals surface area contributed by atoms with Gasteiger partial charge in [0.1, 0.15) is 5.69 Å². The normalized spacial score (nSPS) is 12.0. The summed E-state index contributed by atoms with van der Waals surface area (Å²) in [6.45, 7) is 1.79. The van der Waals surface area contributed by atoms with E-state index in [9.17, 15) is 9.59 Å². The molecule has 0 bridgehead atoms. The van der Waals surface area contributed by atoms with Crippen molar-refractivity contribution < 1.29 is 14.7 Å². The maximum absolute atomic E-state index is 12.4. The van der Waals surface area contributed by atoms with Gasteiger partial charge in [0.05, 0.1) is 18.2 Å². The zero-order chi connectivity index (χ0) is 16.3. The number of carbonyl (C=O) groups is 2. The van der Waals surface area contributed by atoms with Crippen molar-refractivity contribution in [2.45, 2.75) is 19.4 Å². The summed E-state index contributed by atoms with van der Waals surface area (Å²) in [4.78, 5) is 23.4. The number of halogens is 1. The molecule has 6 nitrogen and oxygen atoms in total. The smallest absolute Gasteiger partial charge is 0.305 e. The molecule has 0 saturated carbocycles. The molecule has 2 N–H and O–H groups in total. The molecule has 0 aliphatic carbocycles. The molecule has 1 aromatic carbocycles. The van der Waals surface area contributed by atoms with Crippen molar-refractivity contribution in [2.24, 2.45) is 7.05 Å². The highest BCUT2D eigenvalue weighted by Gasteiger charge is 2.21. The van der Waals surface area contributed by atoms with E-state index in [0.29, 0.717) is 5.69 Å². The van der Waals surface area contributed by atoms with E-state index in [0.717, 1.165) is 15.7 Å². The number of carbonyl (C=O) groups excluding carboxylic acids is 1. The SMILES string of the molecule is Cc1cc(C(=O)N[C@H](CC(=O)O)c2cccc(Br)c2)n(C)n1. The molecule has 0 unspecified atom stereocenters. The van der Waals surface area contributed by atoms with Crippen LogP contribution in [-0.4, -0.2) is 26.8 Å². The van der Waals surface area contributed by atoms with Gasteiger partial charge >= 0.3 is 5.97 Å². The molecule has 1 atom stereocenters. The molecule has 22 heavy (non-hydrogen) atoms. The van der Waals surface area contributed by atoms with Crippen LogP contribution in [0.3, 0.4) is 0 Å². The maximum Gasteiger partial charge on any atom is 0.305 e. The fraction of sp³-hybridized carbons (Fsp3) is 0.267. The van der Waals surface area contributed by atoms with Crippen molar-refractivity contribution >= 4 is 27.8 Å². The number of nitrogens with one attached hydrogen (secondary N) is 1. The first-order valence-corrected chi connectivity index (χ1v) is 7.45. The lowest BCUT2D eigenvalue weighted by Gasteiger charge is -2.17. The van der Waals surface area contributed by atoms with Gasteiger partial charge in [-0.15, -0.1) is 0 Å². The predicted octanol–water partition coefficient (Wildman–Crippen LogP) is 2.44. The van der Waals surface area contributed by atoms with Crippen LogP contribution >= 0.6 is 15.9 Å². The summed E-state index contributed by atoms with van der Waals surface area (Å²) >= 11 is 3.35. The quantitative estimate of drug-likeness (QED) is 0.851. The van der Waals surface area contributed by atoms with E-state index in [1.54, 1.807) is 38.2 Å². The highest BCUT2D eigenvalue weighted by molar-refractivity contribution is 9.10. The number of amides is 1. The summed E-state index contributed by atoms with van der Waals surface area (Å²) in [5.41, 5.74) is 1.84. The van der Waals surface area contributed by atoms with Gasteiger partial charge < -0.3 is 10.4 Å². The Morgan fingerprint density at radius 3 is 2.68 bits per heavy atom. The Balaban J connectivity index is 2.25. The van der Waals surface area contributed by atoms with Crippen LogP contribution < -0.4 is 5.32 Å². The van der Waals surface area contributed by atoms with Crippen molar-refractivity contribution in [1.82, 2.24) is 15.1 Å². The number of aliphatic carboxylic acids is 1. The standard InChI is InChI=1S/C15H16BrN3O3/c1-9-6-13(19(2)18-9)15(22)17-12(8-14(20)21)10-4-3-5-11(16)7-10/h3-7,12H,8H2,1-2H3,(H,17,22)(H,20,21)/t12-/m1/s1. The Labute approximate surface area is 136 Å². The summed E-state index contributed by atoms with van der Waals surface area (Å²) in [6, 6.07) is 8.27. The average Bonchev–Trinajstić information content (AvgIpc) is 2.76. The molecule has 0 radical (unpaired) electrons. The number of hydrogen-bond acceptors (Lipinski definition) is 3. The molecule has 2 aromatic rings. The van der Waals surface area contributed by atoms with Gasteiger partial charge in [-0.05, 0) is 30.7 Å². The van der Waals surface area contributed by atoms with E-state index in [2.05, 4.69) is 26.3 Å². The third kappa shape index (κ3) is 3.94. The molecule has 1 aromatic heterocycles. The molecule has 0 aliphatic rings. The molecule has 0 saturated heterocycles. The van der Waals surface area contributed by atoms with Crippen molar-refractivity contribution in [3.8, 4) is 0 Å². The van der Waals surface area contributed by atoms with Gasteiger partial charge in [-0.1, -0.05) is 28.1 Å². The van der Waals surface area contributed by atoms with Crippen molar-refractivity contribution in [3.05, 3.63) is 51.8 Å². The monoisotopic (exact) mass is 365 g/mol. The van der Waals surface area contributed by atoms with E-state index >= 15 is 0 Å². The number of aromatic nitrogens is 2. The van der Waals surface area contributed by atoms with Crippen LogP contribution in [0, 0.1) is 6.92 Å². The van der Waals surface area contributed by atoms with Crippen LogP contribution in [0.15, 0.2) is 34.8 Å². The Bertz CT molecular complexity index is 712. The maximum atomic E-state index is 12.4. The Morgan fingerprint density at radius 1 is 1.41 bits per heavy atom. The van der Waals surface area contributed by atoms with E-state index in [-0.39, 0.29) is 12.3 Å². The van der Waals surface area contributed by atoms with Crippen LogP contribution in [0.5, 0.6) is 0 Å². The summed E-state index contributed by atoms with van der Waals surface area (Å²) in [5, 5.41) is 16.0. The molecule has 1 amide bonds. The second-order valence-electron chi connectivity index (χ2n) is 4.97. The minimum Gasteiger partial charge on any atom is -0.481 e. The lowest BCUT2D eigenvalue weighted by molar-refractivity contribution is -0.137. The van der Waals surface area contributed by atoms with Crippen LogP contribution in [0.1, 0.15) is 34.2 Å². The zero-order valence-corrected chi connectivity index (χ0v) is 13.8. The summed E-state index contributed by atoms with van der Waals surface area (Å²) in [6.07, 6.45) is -0.195. The molecule has 0 fully saturated rings. The molecular weight excluding hydrogens is 350 g/mol. The zero-order valence-electron chi connectivity index (χ0n) is 12.2. The van der Waals surface area contributed by atoms with Crippen LogP contribution in [0.25, 0.3) is 0 Å². The first kappa shape index (κ1) is 16.2. The molecule has 0 aliphatic heterocycles. The van der Waals surface area contributed by atoms with Crippen LogP contribution in [-0.2, 0) is 11.8 Å². The number of benzene rings is 1. The second kappa shape index (κ2) is 6.74. The van der Waals surface area contributed by atoms with Crippen molar-refractivity contribution in [2.75, 3.05) is 0 Å². The van der Waals surface area contributed by atoms with Gasteiger partial charge in [0, 0.05) is 11.5 Å². The van der Waals surface area contributed by atoms with Crippen molar-refractivity contribution in [3.63, 3.8) is 0 Å². The minimum absolute atomic E-state index is 0.195. The number of carboxylic acids is 1. The summed E-state index contributed by atoms with van der Waals surface area (Å²) in [5.74, 6) is -1.33. The van der Waals surface area contributed by atoms with Gasteiger partial charge in [-0.2, -0.15) is 5.10 Å². The van der Waals surface area contributed by atoms with E-state index in [1.807, 2.05) is 6.07 Å². The largest absolute Gasteiger partial charge is 0.481 e. The Hall–Kier alpha value is -2.15. The fourth-order valence-electron chi connectivity index (χ4n) is 2.21. The highest BCUT2D eigenvalue weighted by atomic mass is 79.9. The average molecular weight is 366 g/mol. The molecule has 116 valence electrons. The number of rotatable bonds is 5. The first-order chi connectivity index (χ1) is 10.4. The Morgan fingerprint density at radius 2 is 2.14 bits per heavy atom. The van der Waals surface area contributed by atoms with Gasteiger partial charge in [-0.3, -0.25) is 14.3 Å². The minimum atomic E-state index is -0.980. The topological polar surface area (TPSA) is 84.2 Å². The second-order valence-corrected chi connectivity index (χ2v) is 5.89. The first-order valence-electron chi connectivity index (χ1n) is 6.65. The fourth-order valence-corrected chi connectivity index (χ4v) is 2.62. The number of carboxylic acid groups (broad SMARTS) is 1. The van der Waals surface area contributed by atoms with E-state index in [4.69, 9.17) is 5.11 Å². The lowest BCUT2D eigenvalue weighted by atomic mass is 10.0.